The van der Waals surface area contributed by atoms with Crippen molar-refractivity contribution in [1.29, 1.82) is 0 Å². The SMILES string of the molecule is C=C(CNc1ccc(Br)cc1OC(F)(F)F)C(=O)O. The molecule has 0 saturated carbocycles. The summed E-state index contributed by atoms with van der Waals surface area (Å²) in [7, 11) is 0. The fraction of sp³-hybridized carbons (Fsp3) is 0.182. The predicted octanol–water partition coefficient (Wildman–Crippen LogP) is 3.40. The molecule has 4 nitrogen and oxygen atoms in total. The monoisotopic (exact) mass is 339 g/mol. The van der Waals surface area contributed by atoms with Crippen LogP contribution in [0.25, 0.3) is 0 Å². The van der Waals surface area contributed by atoms with Gasteiger partial charge in [0, 0.05) is 16.6 Å². The molecule has 8 heteroatoms. The van der Waals surface area contributed by atoms with Gasteiger partial charge < -0.3 is 15.2 Å². The summed E-state index contributed by atoms with van der Waals surface area (Å²) in [5, 5.41) is 11.1. The van der Waals surface area contributed by atoms with Gasteiger partial charge in [0.25, 0.3) is 0 Å². The molecule has 0 bridgehead atoms. The van der Waals surface area contributed by atoms with Gasteiger partial charge in [0.05, 0.1) is 5.69 Å². The summed E-state index contributed by atoms with van der Waals surface area (Å²) in [6.07, 6.45) is -4.83. The van der Waals surface area contributed by atoms with E-state index in [0.29, 0.717) is 4.47 Å². The lowest BCUT2D eigenvalue weighted by molar-refractivity contribution is -0.274. The van der Waals surface area contributed by atoms with Crippen molar-refractivity contribution in [3.05, 3.63) is 34.8 Å². The quantitative estimate of drug-likeness (QED) is 0.807. The number of carboxylic acids is 1. The Morgan fingerprint density at radius 2 is 2.11 bits per heavy atom. The number of alkyl halides is 3. The topological polar surface area (TPSA) is 58.6 Å². The highest BCUT2D eigenvalue weighted by molar-refractivity contribution is 9.10. The molecule has 0 aliphatic heterocycles. The smallest absolute Gasteiger partial charge is 0.478 e. The Bertz CT molecular complexity index is 502. The molecule has 0 atom stereocenters. The zero-order chi connectivity index (χ0) is 14.6. The van der Waals surface area contributed by atoms with E-state index >= 15 is 0 Å². The lowest BCUT2D eigenvalue weighted by Gasteiger charge is -2.15. The van der Waals surface area contributed by atoms with Gasteiger partial charge in [-0.15, -0.1) is 13.2 Å². The van der Waals surface area contributed by atoms with Crippen molar-refractivity contribution in [2.75, 3.05) is 11.9 Å². The molecule has 1 rings (SSSR count). The Kier molecular flexibility index (Phi) is 4.82. The van der Waals surface area contributed by atoms with Crippen LogP contribution in [0.1, 0.15) is 0 Å². The van der Waals surface area contributed by atoms with Crippen LogP contribution in [0.3, 0.4) is 0 Å². The third-order valence-electron chi connectivity index (χ3n) is 1.96. The van der Waals surface area contributed by atoms with Gasteiger partial charge in [0.2, 0.25) is 0 Å². The average molecular weight is 340 g/mol. The number of carboxylic acid groups (broad SMARTS) is 1. The minimum absolute atomic E-state index is 0.0166. The largest absolute Gasteiger partial charge is 0.573 e. The molecular formula is C11H9BrF3NO3. The number of ether oxygens (including phenoxy) is 1. The fourth-order valence-corrected chi connectivity index (χ4v) is 1.47. The average Bonchev–Trinajstić information content (AvgIpc) is 2.25. The molecule has 1 aromatic carbocycles. The van der Waals surface area contributed by atoms with Gasteiger partial charge in [-0.05, 0) is 18.2 Å². The number of hydrogen-bond donors (Lipinski definition) is 2. The third-order valence-corrected chi connectivity index (χ3v) is 2.46. The first kappa shape index (κ1) is 15.4. The molecule has 0 saturated heterocycles. The first-order chi connectivity index (χ1) is 8.69. The highest BCUT2D eigenvalue weighted by atomic mass is 79.9. The van der Waals surface area contributed by atoms with Crippen LogP contribution in [0.15, 0.2) is 34.8 Å². The predicted molar refractivity (Wildman–Crippen MR) is 66.1 cm³/mol. The first-order valence-corrected chi connectivity index (χ1v) is 5.68. The molecule has 0 fully saturated rings. The van der Waals surface area contributed by atoms with E-state index in [9.17, 15) is 18.0 Å². The van der Waals surface area contributed by atoms with Gasteiger partial charge in [0.15, 0.2) is 5.75 Å². The van der Waals surface area contributed by atoms with Gasteiger partial charge in [0.1, 0.15) is 0 Å². The Balaban J connectivity index is 2.88. The Morgan fingerprint density at radius 1 is 1.47 bits per heavy atom. The van der Waals surface area contributed by atoms with Crippen LogP contribution in [0.5, 0.6) is 5.75 Å². The van der Waals surface area contributed by atoms with E-state index in [0.717, 1.165) is 6.07 Å². The molecule has 0 spiro atoms. The second kappa shape index (κ2) is 5.96. The summed E-state index contributed by atoms with van der Waals surface area (Å²) in [6, 6.07) is 3.95. The van der Waals surface area contributed by atoms with Gasteiger partial charge >= 0.3 is 12.3 Å². The van der Waals surface area contributed by atoms with E-state index in [-0.39, 0.29) is 17.8 Å². The normalized spacial score (nSPS) is 10.9. The summed E-state index contributed by atoms with van der Waals surface area (Å²) in [6.45, 7) is 3.05. The van der Waals surface area contributed by atoms with Crippen molar-refractivity contribution >= 4 is 27.6 Å². The van der Waals surface area contributed by atoms with Gasteiger partial charge in [-0.3, -0.25) is 0 Å². The van der Waals surface area contributed by atoms with E-state index in [1.54, 1.807) is 0 Å². The second-order valence-electron chi connectivity index (χ2n) is 3.45. The number of nitrogens with one attached hydrogen (secondary N) is 1. The van der Waals surface area contributed by atoms with E-state index in [4.69, 9.17) is 5.11 Å². The number of aliphatic carboxylic acids is 1. The summed E-state index contributed by atoms with van der Waals surface area (Å²) in [5.41, 5.74) is -0.163. The lowest BCUT2D eigenvalue weighted by atomic mass is 10.2. The maximum atomic E-state index is 12.2. The Morgan fingerprint density at radius 3 is 2.63 bits per heavy atom. The van der Waals surface area contributed by atoms with E-state index < -0.39 is 18.1 Å². The number of carbonyl (C=O) groups is 1. The number of hydrogen-bond acceptors (Lipinski definition) is 3. The van der Waals surface area contributed by atoms with Crippen LogP contribution in [0.4, 0.5) is 18.9 Å². The van der Waals surface area contributed by atoms with Crippen molar-refractivity contribution in [2.45, 2.75) is 6.36 Å². The zero-order valence-corrected chi connectivity index (χ0v) is 11.0. The van der Waals surface area contributed by atoms with Crippen LogP contribution in [0, 0.1) is 0 Å². The third kappa shape index (κ3) is 5.21. The minimum Gasteiger partial charge on any atom is -0.478 e. The number of rotatable bonds is 5. The molecular weight excluding hydrogens is 331 g/mol. The summed E-state index contributed by atoms with van der Waals surface area (Å²) < 4.78 is 40.8. The molecule has 0 heterocycles. The highest BCUT2D eigenvalue weighted by Gasteiger charge is 2.32. The molecule has 0 aliphatic carbocycles. The van der Waals surface area contributed by atoms with Crippen molar-refractivity contribution in [2.24, 2.45) is 0 Å². The first-order valence-electron chi connectivity index (χ1n) is 4.89. The highest BCUT2D eigenvalue weighted by Crippen LogP contribution is 2.32. The summed E-state index contributed by atoms with van der Waals surface area (Å²) >= 11 is 3.02. The second-order valence-corrected chi connectivity index (χ2v) is 4.37. The Hall–Kier alpha value is -1.70. The van der Waals surface area contributed by atoms with Crippen LogP contribution in [-0.4, -0.2) is 24.0 Å². The molecule has 19 heavy (non-hydrogen) atoms. The molecule has 0 aliphatic rings. The van der Waals surface area contributed by atoms with Crippen molar-refractivity contribution in [3.63, 3.8) is 0 Å². The molecule has 2 N–H and O–H groups in total. The fourth-order valence-electron chi connectivity index (χ4n) is 1.13. The van der Waals surface area contributed by atoms with E-state index in [2.05, 4.69) is 32.6 Å². The van der Waals surface area contributed by atoms with Crippen LogP contribution in [0.2, 0.25) is 0 Å². The molecule has 0 radical (unpaired) electrons. The van der Waals surface area contributed by atoms with Crippen LogP contribution < -0.4 is 10.1 Å². The summed E-state index contributed by atoms with van der Waals surface area (Å²) in [4.78, 5) is 10.5. The maximum Gasteiger partial charge on any atom is 0.573 e. The lowest BCUT2D eigenvalue weighted by Crippen LogP contribution is -2.19. The van der Waals surface area contributed by atoms with Gasteiger partial charge in [-0.2, -0.15) is 0 Å². The molecule has 1 aromatic rings. The molecule has 0 unspecified atom stereocenters. The maximum absolute atomic E-state index is 12.2. The van der Waals surface area contributed by atoms with E-state index in [1.165, 1.54) is 12.1 Å². The number of anilines is 1. The van der Waals surface area contributed by atoms with Crippen LogP contribution in [-0.2, 0) is 4.79 Å². The van der Waals surface area contributed by atoms with Crippen LogP contribution >= 0.6 is 15.9 Å². The van der Waals surface area contributed by atoms with Crippen molar-refractivity contribution in [3.8, 4) is 5.75 Å². The van der Waals surface area contributed by atoms with E-state index in [1.807, 2.05) is 0 Å². The number of halogens is 4. The molecule has 0 amide bonds. The number of benzene rings is 1. The van der Waals surface area contributed by atoms with Crippen molar-refractivity contribution in [1.82, 2.24) is 0 Å². The summed E-state index contributed by atoms with van der Waals surface area (Å²) in [5.74, 6) is -1.69. The minimum atomic E-state index is -4.83. The Labute approximate surface area is 115 Å². The molecule has 0 aromatic heterocycles. The molecule has 104 valence electrons. The van der Waals surface area contributed by atoms with Gasteiger partial charge in [-0.1, -0.05) is 22.5 Å². The van der Waals surface area contributed by atoms with Gasteiger partial charge in [-0.25, -0.2) is 4.79 Å². The van der Waals surface area contributed by atoms with Crippen molar-refractivity contribution < 1.29 is 27.8 Å². The zero-order valence-electron chi connectivity index (χ0n) is 9.42. The standard InChI is InChI=1S/C11H9BrF3NO3/c1-6(10(17)18)5-16-8-3-2-7(12)4-9(8)19-11(13,14)15/h2-4,16H,1,5H2,(H,17,18).